The molecule has 124 valence electrons. The van der Waals surface area contributed by atoms with Crippen LogP contribution in [0, 0.1) is 6.92 Å². The van der Waals surface area contributed by atoms with Crippen molar-refractivity contribution in [2.24, 2.45) is 7.05 Å². The monoisotopic (exact) mass is 324 g/mol. The van der Waals surface area contributed by atoms with Gasteiger partial charge in [0.15, 0.2) is 5.82 Å². The van der Waals surface area contributed by atoms with E-state index in [9.17, 15) is 4.79 Å². The Labute approximate surface area is 140 Å². The van der Waals surface area contributed by atoms with Crippen molar-refractivity contribution < 1.29 is 4.79 Å². The lowest BCUT2D eigenvalue weighted by molar-refractivity contribution is -0.119. The van der Waals surface area contributed by atoms with Crippen LogP contribution in [0.5, 0.6) is 0 Å². The quantitative estimate of drug-likeness (QED) is 0.782. The molecule has 1 atom stereocenters. The highest BCUT2D eigenvalue weighted by molar-refractivity contribution is 5.95. The summed E-state index contributed by atoms with van der Waals surface area (Å²) in [6.07, 6.45) is 5.80. The number of rotatable bonds is 5. The van der Waals surface area contributed by atoms with Crippen LogP contribution in [0.25, 0.3) is 11.4 Å². The molecule has 2 aromatic heterocycles. The van der Waals surface area contributed by atoms with E-state index in [-0.39, 0.29) is 11.9 Å². The second-order valence-corrected chi connectivity index (χ2v) is 5.64. The lowest BCUT2D eigenvalue weighted by Gasteiger charge is -2.17. The molecule has 1 amide bonds. The molecule has 0 spiro atoms. The van der Waals surface area contributed by atoms with Crippen LogP contribution >= 0.6 is 0 Å². The van der Waals surface area contributed by atoms with Crippen molar-refractivity contribution in [1.29, 1.82) is 0 Å². The zero-order valence-electron chi connectivity index (χ0n) is 14.0. The van der Waals surface area contributed by atoms with Gasteiger partial charge in [-0.25, -0.2) is 0 Å². The van der Waals surface area contributed by atoms with Gasteiger partial charge in [-0.2, -0.15) is 5.10 Å². The van der Waals surface area contributed by atoms with Gasteiger partial charge in [0.2, 0.25) is 5.91 Å². The second-order valence-electron chi connectivity index (χ2n) is 5.64. The van der Waals surface area contributed by atoms with Crippen LogP contribution in [0.2, 0.25) is 0 Å². The summed E-state index contributed by atoms with van der Waals surface area (Å²) in [6.45, 7) is 3.93. The molecule has 0 aliphatic heterocycles. The Kier molecular flexibility index (Phi) is 4.41. The average molecular weight is 324 g/mol. The molecule has 1 aromatic carbocycles. The second kappa shape index (κ2) is 6.66. The zero-order chi connectivity index (χ0) is 17.1. The van der Waals surface area contributed by atoms with Gasteiger partial charge in [-0.05, 0) is 31.0 Å². The van der Waals surface area contributed by atoms with Gasteiger partial charge in [-0.3, -0.25) is 9.48 Å². The van der Waals surface area contributed by atoms with E-state index in [1.54, 1.807) is 23.4 Å². The third-order valence-electron chi connectivity index (χ3n) is 4.08. The third-order valence-corrected chi connectivity index (χ3v) is 4.08. The van der Waals surface area contributed by atoms with E-state index >= 15 is 0 Å². The van der Waals surface area contributed by atoms with Gasteiger partial charge in [-0.15, -0.1) is 10.2 Å². The van der Waals surface area contributed by atoms with Crippen molar-refractivity contribution in [1.82, 2.24) is 24.5 Å². The summed E-state index contributed by atoms with van der Waals surface area (Å²) in [7, 11) is 1.89. The van der Waals surface area contributed by atoms with Gasteiger partial charge >= 0.3 is 0 Å². The fraction of sp³-hybridized carbons (Fsp3) is 0.294. The minimum Gasteiger partial charge on any atom is -0.324 e. The van der Waals surface area contributed by atoms with Crippen molar-refractivity contribution in [2.45, 2.75) is 26.3 Å². The van der Waals surface area contributed by atoms with Crippen LogP contribution in [0.15, 0.2) is 43.0 Å². The van der Waals surface area contributed by atoms with Gasteiger partial charge in [0.05, 0.1) is 0 Å². The van der Waals surface area contributed by atoms with E-state index in [1.807, 2.05) is 49.7 Å². The fourth-order valence-electron chi connectivity index (χ4n) is 2.71. The number of nitrogens with one attached hydrogen (secondary N) is 1. The molecule has 0 radical (unpaired) electrons. The number of aromatic nitrogens is 5. The molecule has 0 saturated carbocycles. The topological polar surface area (TPSA) is 77.6 Å². The van der Waals surface area contributed by atoms with E-state index in [4.69, 9.17) is 0 Å². The van der Waals surface area contributed by atoms with E-state index in [2.05, 4.69) is 20.6 Å². The summed E-state index contributed by atoms with van der Waals surface area (Å²) in [5.74, 6) is 0.683. The number of benzene rings is 1. The number of carbonyl (C=O) groups is 1. The number of amides is 1. The van der Waals surface area contributed by atoms with Crippen LogP contribution in [-0.4, -0.2) is 30.5 Å². The maximum atomic E-state index is 12.7. The first-order valence-corrected chi connectivity index (χ1v) is 7.85. The Morgan fingerprint density at radius 2 is 2.17 bits per heavy atom. The highest BCUT2D eigenvalue weighted by atomic mass is 16.2. The summed E-state index contributed by atoms with van der Waals surface area (Å²) >= 11 is 0. The molecule has 7 heteroatoms. The van der Waals surface area contributed by atoms with Gasteiger partial charge in [0.1, 0.15) is 12.4 Å². The number of carbonyl (C=O) groups excluding carboxylic acids is 1. The summed E-state index contributed by atoms with van der Waals surface area (Å²) in [6, 6.07) is 7.25. The van der Waals surface area contributed by atoms with E-state index in [1.165, 1.54) is 0 Å². The molecule has 7 nitrogen and oxygen atoms in total. The molecular weight excluding hydrogens is 304 g/mol. The first kappa shape index (κ1) is 15.9. The van der Waals surface area contributed by atoms with Crippen molar-refractivity contribution in [3.63, 3.8) is 0 Å². The van der Waals surface area contributed by atoms with Crippen LogP contribution in [0.3, 0.4) is 0 Å². The summed E-state index contributed by atoms with van der Waals surface area (Å²) in [5.41, 5.74) is 2.67. The highest BCUT2D eigenvalue weighted by Gasteiger charge is 2.20. The normalized spacial score (nSPS) is 12.1. The SMILES string of the molecule is CCC(C(=O)Nc1cccc(-c2nncn2C)c1C)n1cccn1. The maximum Gasteiger partial charge on any atom is 0.249 e. The first-order chi connectivity index (χ1) is 11.6. The molecule has 0 fully saturated rings. The molecule has 0 aliphatic carbocycles. The van der Waals surface area contributed by atoms with E-state index in [0.717, 1.165) is 22.6 Å². The van der Waals surface area contributed by atoms with Crippen LogP contribution < -0.4 is 5.32 Å². The van der Waals surface area contributed by atoms with E-state index in [0.29, 0.717) is 6.42 Å². The summed E-state index contributed by atoms with van der Waals surface area (Å²) < 4.78 is 3.53. The summed E-state index contributed by atoms with van der Waals surface area (Å²) in [5, 5.41) is 15.3. The third kappa shape index (κ3) is 2.92. The molecule has 0 bridgehead atoms. The molecule has 3 aromatic rings. The van der Waals surface area contributed by atoms with Crippen LogP contribution in [0.1, 0.15) is 24.9 Å². The molecule has 1 N–H and O–H groups in total. The Morgan fingerprint density at radius 3 is 2.79 bits per heavy atom. The number of nitrogens with zero attached hydrogens (tertiary/aromatic N) is 5. The van der Waals surface area contributed by atoms with Crippen LogP contribution in [0.4, 0.5) is 5.69 Å². The zero-order valence-corrected chi connectivity index (χ0v) is 14.0. The molecule has 2 heterocycles. The Bertz CT molecular complexity index is 837. The van der Waals surface area contributed by atoms with Crippen molar-refractivity contribution >= 4 is 11.6 Å². The molecule has 24 heavy (non-hydrogen) atoms. The van der Waals surface area contributed by atoms with Gasteiger partial charge in [-0.1, -0.05) is 19.1 Å². The van der Waals surface area contributed by atoms with Crippen molar-refractivity contribution in [3.05, 3.63) is 48.5 Å². The Morgan fingerprint density at radius 1 is 1.33 bits per heavy atom. The standard InChI is InChI=1S/C17H20N6O/c1-4-15(23-10-6-9-19-23)17(24)20-14-8-5-7-13(12(14)2)16-21-18-11-22(16)3/h5-11,15H,4H2,1-3H3,(H,20,24). The highest BCUT2D eigenvalue weighted by Crippen LogP contribution is 2.27. The number of aryl methyl sites for hydroxylation is 1. The molecule has 1 unspecified atom stereocenters. The van der Waals surface area contributed by atoms with E-state index < -0.39 is 0 Å². The van der Waals surface area contributed by atoms with Gasteiger partial charge < -0.3 is 9.88 Å². The molecule has 3 rings (SSSR count). The smallest absolute Gasteiger partial charge is 0.249 e. The lowest BCUT2D eigenvalue weighted by atomic mass is 10.1. The summed E-state index contributed by atoms with van der Waals surface area (Å²) in [4.78, 5) is 12.7. The fourth-order valence-corrected chi connectivity index (χ4v) is 2.71. The average Bonchev–Trinajstić information content (AvgIpc) is 3.22. The van der Waals surface area contributed by atoms with Crippen molar-refractivity contribution in [3.8, 4) is 11.4 Å². The minimum absolute atomic E-state index is 0.0839. The predicted molar refractivity (Wildman–Crippen MR) is 91.4 cm³/mol. The molecular formula is C17H20N6O. The van der Waals surface area contributed by atoms with Crippen molar-refractivity contribution in [2.75, 3.05) is 5.32 Å². The first-order valence-electron chi connectivity index (χ1n) is 7.85. The molecule has 0 saturated heterocycles. The maximum absolute atomic E-state index is 12.7. The lowest BCUT2D eigenvalue weighted by Crippen LogP contribution is -2.26. The largest absolute Gasteiger partial charge is 0.324 e. The van der Waals surface area contributed by atoms with Gasteiger partial charge in [0.25, 0.3) is 0 Å². The number of hydrogen-bond acceptors (Lipinski definition) is 4. The van der Waals surface area contributed by atoms with Crippen LogP contribution in [-0.2, 0) is 11.8 Å². The number of hydrogen-bond donors (Lipinski definition) is 1. The predicted octanol–water partition coefficient (Wildman–Crippen LogP) is 2.58. The Balaban J connectivity index is 1.88. The number of anilines is 1. The Hall–Kier alpha value is -2.96. The van der Waals surface area contributed by atoms with Gasteiger partial charge in [0, 0.05) is 30.7 Å². The minimum atomic E-state index is -0.335. The molecule has 0 aliphatic rings.